The number of aliphatic hydroxyl groups excluding tert-OH is 2. The summed E-state index contributed by atoms with van der Waals surface area (Å²) in [5, 5.41) is 23.1. The molecule has 1 saturated heterocycles. The molecule has 5 unspecified atom stereocenters. The maximum Gasteiger partial charge on any atom is 0.285 e. The van der Waals surface area contributed by atoms with Gasteiger partial charge in [0.25, 0.3) is 6.02 Å². The van der Waals surface area contributed by atoms with Crippen molar-refractivity contribution in [2.45, 2.75) is 44.2 Å². The van der Waals surface area contributed by atoms with Gasteiger partial charge in [-0.3, -0.25) is 0 Å². The number of hydrogen-bond acceptors (Lipinski definition) is 4. The maximum atomic E-state index is 10.1. The van der Waals surface area contributed by atoms with Crippen molar-refractivity contribution in [1.29, 1.82) is 0 Å². The summed E-state index contributed by atoms with van der Waals surface area (Å²) in [6.07, 6.45) is -1.23. The number of hydrogen-bond donors (Lipinski definition) is 3. The van der Waals surface area contributed by atoms with Crippen LogP contribution in [0.3, 0.4) is 0 Å². The average Bonchev–Trinajstić information content (AvgIpc) is 2.87. The molecule has 1 aliphatic heterocycles. The van der Waals surface area contributed by atoms with Gasteiger partial charge in [0.05, 0.1) is 18.7 Å². The highest BCUT2D eigenvalue weighted by Crippen LogP contribution is 2.30. The van der Waals surface area contributed by atoms with Gasteiger partial charge >= 0.3 is 0 Å². The molecule has 1 heterocycles. The molecule has 1 saturated carbocycles. The molecule has 1 aromatic rings. The van der Waals surface area contributed by atoms with Crippen LogP contribution in [0.2, 0.25) is 0 Å². The summed E-state index contributed by atoms with van der Waals surface area (Å²) in [4.78, 5) is 4.39. The molecule has 0 aromatic heterocycles. The number of fused-ring (bicyclic) bond motifs is 1. The third-order valence-electron chi connectivity index (χ3n) is 4.10. The summed E-state index contributed by atoms with van der Waals surface area (Å²) >= 11 is 0. The fourth-order valence-electron chi connectivity index (χ4n) is 2.89. The quantitative estimate of drug-likeness (QED) is 0.742. The van der Waals surface area contributed by atoms with Gasteiger partial charge in [0.2, 0.25) is 0 Å². The first-order chi connectivity index (χ1) is 9.65. The van der Waals surface area contributed by atoms with Crippen LogP contribution in [-0.4, -0.2) is 40.6 Å². The summed E-state index contributed by atoms with van der Waals surface area (Å²) in [6, 6.07) is 10.4. The van der Waals surface area contributed by atoms with E-state index in [4.69, 9.17) is 4.74 Å². The van der Waals surface area contributed by atoms with E-state index in [-0.39, 0.29) is 12.0 Å². The van der Waals surface area contributed by atoms with Crippen molar-refractivity contribution in [2.24, 2.45) is 10.9 Å². The summed E-state index contributed by atoms with van der Waals surface area (Å²) in [5.41, 5.74) is 1.11. The number of benzene rings is 1. The third kappa shape index (κ3) is 2.51. The van der Waals surface area contributed by atoms with Crippen molar-refractivity contribution in [3.8, 4) is 0 Å². The Kier molecular flexibility index (Phi) is 3.63. The van der Waals surface area contributed by atoms with Crippen LogP contribution >= 0.6 is 0 Å². The van der Waals surface area contributed by atoms with E-state index in [1.165, 1.54) is 0 Å². The predicted octanol–water partition coefficient (Wildman–Crippen LogP) is 0.661. The van der Waals surface area contributed by atoms with Crippen LogP contribution in [-0.2, 0) is 11.3 Å². The third-order valence-corrected chi connectivity index (χ3v) is 4.10. The molecular formula is C15H20N2O3. The zero-order valence-electron chi connectivity index (χ0n) is 11.4. The van der Waals surface area contributed by atoms with Crippen LogP contribution in [0.15, 0.2) is 35.3 Å². The number of aliphatic hydroxyl groups is 2. The van der Waals surface area contributed by atoms with Gasteiger partial charge in [-0.25, -0.2) is 4.99 Å². The molecule has 108 valence electrons. The Morgan fingerprint density at radius 2 is 2.00 bits per heavy atom. The minimum atomic E-state index is -0.860. The lowest BCUT2D eigenvalue weighted by atomic mass is 9.81. The van der Waals surface area contributed by atoms with Gasteiger partial charge in [-0.15, -0.1) is 0 Å². The topological polar surface area (TPSA) is 74.1 Å². The summed E-state index contributed by atoms with van der Waals surface area (Å²) in [6.45, 7) is 2.47. The second kappa shape index (κ2) is 5.42. The Hall–Kier alpha value is -1.59. The highest BCUT2D eigenvalue weighted by molar-refractivity contribution is 5.76. The Morgan fingerprint density at radius 3 is 2.75 bits per heavy atom. The molecule has 5 nitrogen and oxygen atoms in total. The highest BCUT2D eigenvalue weighted by atomic mass is 16.5. The van der Waals surface area contributed by atoms with Crippen LogP contribution < -0.4 is 5.32 Å². The minimum Gasteiger partial charge on any atom is -0.457 e. The molecule has 3 rings (SSSR count). The van der Waals surface area contributed by atoms with E-state index in [0.29, 0.717) is 12.6 Å². The lowest BCUT2D eigenvalue weighted by molar-refractivity contribution is -0.0986. The number of nitrogens with one attached hydrogen (secondary N) is 1. The molecule has 5 heteroatoms. The van der Waals surface area contributed by atoms with Gasteiger partial charge < -0.3 is 20.3 Å². The van der Waals surface area contributed by atoms with Crippen molar-refractivity contribution in [1.82, 2.24) is 5.32 Å². The molecule has 0 bridgehead atoms. The molecule has 0 radical (unpaired) electrons. The van der Waals surface area contributed by atoms with Gasteiger partial charge in [0, 0.05) is 0 Å². The van der Waals surface area contributed by atoms with Crippen LogP contribution in [0.5, 0.6) is 0 Å². The van der Waals surface area contributed by atoms with Crippen LogP contribution in [0, 0.1) is 5.92 Å². The lowest BCUT2D eigenvalue weighted by Crippen LogP contribution is -2.53. The van der Waals surface area contributed by atoms with E-state index in [9.17, 15) is 10.2 Å². The molecule has 3 N–H and O–H groups in total. The van der Waals surface area contributed by atoms with E-state index in [0.717, 1.165) is 12.0 Å². The zero-order valence-corrected chi connectivity index (χ0v) is 11.4. The number of aliphatic imine (C=N–C) groups is 1. The first-order valence-electron chi connectivity index (χ1n) is 7.03. The smallest absolute Gasteiger partial charge is 0.285 e. The molecule has 5 atom stereocenters. The van der Waals surface area contributed by atoms with Crippen molar-refractivity contribution in [3.05, 3.63) is 35.9 Å². The van der Waals surface area contributed by atoms with Crippen molar-refractivity contribution < 1.29 is 14.9 Å². The van der Waals surface area contributed by atoms with Crippen molar-refractivity contribution in [2.75, 3.05) is 0 Å². The largest absolute Gasteiger partial charge is 0.457 e. The molecule has 0 amide bonds. The number of amidine groups is 1. The fourth-order valence-corrected chi connectivity index (χ4v) is 2.89. The Labute approximate surface area is 118 Å². The van der Waals surface area contributed by atoms with Crippen LogP contribution in [0.25, 0.3) is 0 Å². The zero-order chi connectivity index (χ0) is 14.1. The van der Waals surface area contributed by atoms with Gasteiger partial charge in [-0.2, -0.15) is 0 Å². The standard InChI is InChI=1S/C15H20N2O3/c1-9-7-11-14(13(19)12(9)18)20-15(17-11)16-8-10-5-3-2-4-6-10/h2-6,9,11-14,18-19H,7-8H2,1H3,(H,16,17). The first kappa shape index (κ1) is 13.4. The second-order valence-electron chi connectivity index (χ2n) is 5.63. The molecule has 2 fully saturated rings. The normalized spacial score (nSPS) is 38.1. The molecule has 20 heavy (non-hydrogen) atoms. The number of ether oxygens (including phenoxy) is 1. The Balaban J connectivity index is 1.67. The van der Waals surface area contributed by atoms with Crippen LogP contribution in [0.1, 0.15) is 18.9 Å². The van der Waals surface area contributed by atoms with Crippen molar-refractivity contribution >= 4 is 6.02 Å². The second-order valence-corrected chi connectivity index (χ2v) is 5.63. The van der Waals surface area contributed by atoms with E-state index >= 15 is 0 Å². The van der Waals surface area contributed by atoms with Gasteiger partial charge in [-0.1, -0.05) is 37.3 Å². The van der Waals surface area contributed by atoms with Gasteiger partial charge in [0.1, 0.15) is 6.10 Å². The monoisotopic (exact) mass is 276 g/mol. The highest BCUT2D eigenvalue weighted by Gasteiger charge is 2.47. The minimum absolute atomic E-state index is 0.0259. The van der Waals surface area contributed by atoms with E-state index < -0.39 is 18.3 Å². The summed E-state index contributed by atoms with van der Waals surface area (Å²) in [7, 11) is 0. The average molecular weight is 276 g/mol. The number of nitrogens with zero attached hydrogens (tertiary/aromatic N) is 1. The molecule has 1 aromatic carbocycles. The Morgan fingerprint density at radius 1 is 1.25 bits per heavy atom. The van der Waals surface area contributed by atoms with Crippen LogP contribution in [0.4, 0.5) is 0 Å². The molecule has 0 spiro atoms. The first-order valence-corrected chi connectivity index (χ1v) is 7.03. The maximum absolute atomic E-state index is 10.1. The van der Waals surface area contributed by atoms with Gasteiger partial charge in [-0.05, 0) is 17.9 Å². The number of rotatable bonds is 2. The SMILES string of the molecule is CC1CC2NC(=NCc3ccccc3)OC2C(O)C1O. The summed E-state index contributed by atoms with van der Waals surface area (Å²) in [5.74, 6) is 0.0517. The fraction of sp³-hybridized carbons (Fsp3) is 0.533. The van der Waals surface area contributed by atoms with E-state index in [1.54, 1.807) is 0 Å². The molecular weight excluding hydrogens is 256 g/mol. The van der Waals surface area contributed by atoms with E-state index in [2.05, 4.69) is 10.3 Å². The molecule has 2 aliphatic rings. The van der Waals surface area contributed by atoms with Crippen molar-refractivity contribution in [3.63, 3.8) is 0 Å². The van der Waals surface area contributed by atoms with E-state index in [1.807, 2.05) is 37.3 Å². The predicted molar refractivity (Wildman–Crippen MR) is 75.2 cm³/mol. The Bertz CT molecular complexity index is 491. The summed E-state index contributed by atoms with van der Waals surface area (Å²) < 4.78 is 5.65. The molecule has 1 aliphatic carbocycles. The van der Waals surface area contributed by atoms with Gasteiger partial charge in [0.15, 0.2) is 6.10 Å². The lowest BCUT2D eigenvalue weighted by Gasteiger charge is -2.36.